The second-order valence-electron chi connectivity index (χ2n) is 20.7. The van der Waals surface area contributed by atoms with Gasteiger partial charge in [0.25, 0.3) is 0 Å². The van der Waals surface area contributed by atoms with Gasteiger partial charge >= 0.3 is 23.9 Å². The van der Waals surface area contributed by atoms with Crippen molar-refractivity contribution < 1.29 is 56.4 Å². The number of unbranched alkanes of at least 4 members (excludes halogenated alkanes) is 34. The molecule has 0 saturated heterocycles. The number of carbonyl (C=O) groups excluding carboxylic acids is 4. The first-order valence-corrected chi connectivity index (χ1v) is 30.2. The van der Waals surface area contributed by atoms with Gasteiger partial charge in [-0.3, -0.25) is 0 Å². The van der Waals surface area contributed by atoms with Crippen molar-refractivity contribution in [2.75, 3.05) is 26.4 Å². The van der Waals surface area contributed by atoms with Crippen molar-refractivity contribution in [2.45, 2.75) is 231 Å². The van der Waals surface area contributed by atoms with Crippen molar-refractivity contribution in [2.24, 2.45) is 0 Å². The maximum atomic E-state index is 15.0. The first-order chi connectivity index (χ1) is 38.2. The van der Waals surface area contributed by atoms with E-state index in [4.69, 9.17) is 28.4 Å². The lowest BCUT2D eigenvalue weighted by atomic mass is 10.0. The number of benzene rings is 3. The molecule has 78 heavy (non-hydrogen) atoms. The molecule has 0 bridgehead atoms. The second kappa shape index (κ2) is 45.4. The van der Waals surface area contributed by atoms with E-state index >= 15 is 8.78 Å². The van der Waals surface area contributed by atoms with E-state index in [0.717, 1.165) is 51.4 Å². The van der Waals surface area contributed by atoms with E-state index in [-0.39, 0.29) is 23.1 Å². The van der Waals surface area contributed by atoms with Crippen LogP contribution in [-0.2, 0) is 19.1 Å². The molecule has 0 unspecified atom stereocenters. The predicted octanol–water partition coefficient (Wildman–Crippen LogP) is 18.7. The molecular weight excluding hydrogens is 991 g/mol. The summed E-state index contributed by atoms with van der Waals surface area (Å²) in [5, 5.41) is 0. The lowest BCUT2D eigenvalue weighted by Crippen LogP contribution is -2.12. The Labute approximate surface area is 467 Å². The molecule has 0 saturated carbocycles. The molecule has 0 aliphatic heterocycles. The van der Waals surface area contributed by atoms with Crippen LogP contribution in [0, 0.1) is 11.6 Å². The van der Waals surface area contributed by atoms with Gasteiger partial charge in [-0.2, -0.15) is 0 Å². The number of carbonyl (C=O) groups is 4. The van der Waals surface area contributed by atoms with E-state index in [1.54, 1.807) is 24.3 Å². The van der Waals surface area contributed by atoms with Crippen LogP contribution in [0.15, 0.2) is 86.0 Å². The van der Waals surface area contributed by atoms with Gasteiger partial charge in [-0.15, -0.1) is 0 Å². The van der Waals surface area contributed by atoms with Crippen molar-refractivity contribution in [1.82, 2.24) is 0 Å². The van der Waals surface area contributed by atoms with Crippen LogP contribution in [0.3, 0.4) is 0 Å². The van der Waals surface area contributed by atoms with Crippen LogP contribution >= 0.6 is 0 Å². The Morgan fingerprint density at radius 1 is 0.333 bits per heavy atom. The molecule has 0 aliphatic carbocycles. The Kier molecular flexibility index (Phi) is 38.8. The summed E-state index contributed by atoms with van der Waals surface area (Å²) in [5.41, 5.74) is 0.279. The van der Waals surface area contributed by atoms with Crippen LogP contribution in [0.2, 0.25) is 0 Å². The van der Waals surface area contributed by atoms with Gasteiger partial charge in [0.1, 0.15) is 11.5 Å². The summed E-state index contributed by atoms with van der Waals surface area (Å²) in [6.45, 7) is 8.93. The average molecular weight is 1090 g/mol. The van der Waals surface area contributed by atoms with Crippen molar-refractivity contribution in [3.8, 4) is 23.0 Å². The maximum absolute atomic E-state index is 15.0. The van der Waals surface area contributed by atoms with Crippen molar-refractivity contribution in [3.05, 3.63) is 109 Å². The lowest BCUT2D eigenvalue weighted by molar-refractivity contribution is -0.138. The largest absolute Gasteiger partial charge is 0.494 e. The zero-order valence-corrected chi connectivity index (χ0v) is 47.5. The Morgan fingerprint density at radius 3 is 0.782 bits per heavy atom. The van der Waals surface area contributed by atoms with Crippen LogP contribution in [0.1, 0.15) is 252 Å². The third-order valence-corrected chi connectivity index (χ3v) is 14.0. The highest BCUT2D eigenvalue weighted by Gasteiger charge is 2.19. The van der Waals surface area contributed by atoms with Crippen LogP contribution in [0.25, 0.3) is 0 Å². The fourth-order valence-corrected chi connectivity index (χ4v) is 9.27. The Morgan fingerprint density at radius 2 is 0.551 bits per heavy atom. The van der Waals surface area contributed by atoms with Gasteiger partial charge in [-0.05, 0) is 74.2 Å². The zero-order valence-electron chi connectivity index (χ0n) is 47.5. The first-order valence-electron chi connectivity index (χ1n) is 30.2. The number of hydrogen-bond donors (Lipinski definition) is 0. The Balaban J connectivity index is 1.14. The first kappa shape index (κ1) is 66.8. The van der Waals surface area contributed by atoms with Crippen LogP contribution in [0.5, 0.6) is 23.0 Å². The topological polar surface area (TPSA) is 124 Å². The van der Waals surface area contributed by atoms with E-state index in [2.05, 4.69) is 13.2 Å². The molecule has 0 aliphatic rings. The van der Waals surface area contributed by atoms with Crippen LogP contribution in [0.4, 0.5) is 8.78 Å². The average Bonchev–Trinajstić information content (AvgIpc) is 3.46. The van der Waals surface area contributed by atoms with Crippen molar-refractivity contribution in [1.29, 1.82) is 0 Å². The minimum absolute atomic E-state index is 0.139. The molecule has 3 aromatic carbocycles. The van der Waals surface area contributed by atoms with E-state index in [1.165, 1.54) is 216 Å². The maximum Gasteiger partial charge on any atom is 0.343 e. The summed E-state index contributed by atoms with van der Waals surface area (Å²) in [6, 6.07) is 14.0. The summed E-state index contributed by atoms with van der Waals surface area (Å²) in [6.07, 6.45) is 46.6. The molecule has 0 atom stereocenters. The van der Waals surface area contributed by atoms with Gasteiger partial charge in [0.15, 0.2) is 23.1 Å². The summed E-state index contributed by atoms with van der Waals surface area (Å²) in [7, 11) is 0. The number of esters is 4. The number of hydrogen-bond acceptors (Lipinski definition) is 10. The molecule has 12 heteroatoms. The molecule has 0 fully saturated rings. The monoisotopic (exact) mass is 1090 g/mol. The SMILES string of the molecule is C=CC(=O)OCCCCCCCCCCCCCCCCCCCCOc1ccc(C(=O)Oc2cc(F)c(OC(=O)c3ccc(OCCCCCCCCCCCCCCCCCCCCOC(=O)C=C)cc3)cc2F)cc1. The second-order valence-corrected chi connectivity index (χ2v) is 20.7. The van der Waals surface area contributed by atoms with Gasteiger partial charge in [-0.1, -0.05) is 219 Å². The van der Waals surface area contributed by atoms with Crippen molar-refractivity contribution in [3.63, 3.8) is 0 Å². The molecule has 0 heterocycles. The summed E-state index contributed by atoms with van der Waals surface area (Å²) >= 11 is 0. The predicted molar refractivity (Wildman–Crippen MR) is 309 cm³/mol. The Hall–Kier alpha value is -5.52. The normalized spacial score (nSPS) is 11.0. The molecule has 10 nitrogen and oxygen atoms in total. The number of rotatable bonds is 50. The van der Waals surface area contributed by atoms with Gasteiger partial charge in [0, 0.05) is 24.3 Å². The molecule has 0 aromatic heterocycles. The Bertz CT molecular complexity index is 1920. The summed E-state index contributed by atoms with van der Waals surface area (Å²) in [5.74, 6) is -4.59. The highest BCUT2D eigenvalue weighted by molar-refractivity contribution is 5.92. The number of ether oxygens (including phenoxy) is 6. The highest BCUT2D eigenvalue weighted by atomic mass is 19.1. The summed E-state index contributed by atoms with van der Waals surface area (Å²) < 4.78 is 62.1. The molecule has 0 spiro atoms. The van der Waals surface area contributed by atoms with Gasteiger partial charge < -0.3 is 28.4 Å². The molecule has 3 aromatic rings. The van der Waals surface area contributed by atoms with Gasteiger partial charge in [0.2, 0.25) is 0 Å². The fraction of sp³-hybridized carbons (Fsp3) is 0.606. The zero-order chi connectivity index (χ0) is 55.9. The number of halogens is 2. The van der Waals surface area contributed by atoms with Crippen LogP contribution in [-0.4, -0.2) is 50.3 Å². The summed E-state index contributed by atoms with van der Waals surface area (Å²) in [4.78, 5) is 47.7. The molecular formula is C66H96F2O10. The third kappa shape index (κ3) is 33.7. The molecule has 0 amide bonds. The van der Waals surface area contributed by atoms with Gasteiger partial charge in [-0.25, -0.2) is 28.0 Å². The highest BCUT2D eigenvalue weighted by Crippen LogP contribution is 2.29. The third-order valence-electron chi connectivity index (χ3n) is 14.0. The van der Waals surface area contributed by atoms with E-state index in [1.807, 2.05) is 0 Å². The van der Waals surface area contributed by atoms with E-state index < -0.39 is 35.1 Å². The minimum Gasteiger partial charge on any atom is -0.494 e. The molecule has 0 radical (unpaired) electrons. The van der Waals surface area contributed by atoms with E-state index in [0.29, 0.717) is 50.1 Å². The van der Waals surface area contributed by atoms with Gasteiger partial charge in [0.05, 0.1) is 37.6 Å². The van der Waals surface area contributed by atoms with Crippen molar-refractivity contribution >= 4 is 23.9 Å². The molecule has 0 N–H and O–H groups in total. The standard InChI is InChI=1S/C66H96F2O10/c1-3-63(69)75-51-39-35-31-27-23-19-15-11-7-5-9-13-17-21-25-29-33-37-49-73-57-45-41-55(42-46-57)65(71)77-61-53-60(68)62(54-59(61)67)78-66(72)56-43-47-58(48-44-56)74-50-38-34-30-26-22-18-14-10-6-8-12-16-20-24-28-32-36-40-52-76-64(70)4-2/h3-4,41-48,53-54H,1-2,5-40,49-52H2. The molecule has 434 valence electrons. The minimum atomic E-state index is -1.06. The smallest absolute Gasteiger partial charge is 0.343 e. The van der Waals surface area contributed by atoms with Crippen LogP contribution < -0.4 is 18.9 Å². The molecule has 3 rings (SSSR count). The van der Waals surface area contributed by atoms with E-state index in [9.17, 15) is 19.2 Å². The fourth-order valence-electron chi connectivity index (χ4n) is 9.27. The quantitative estimate of drug-likeness (QED) is 0.0234. The lowest BCUT2D eigenvalue weighted by Gasteiger charge is -2.11.